The maximum absolute atomic E-state index is 11.5. The molecule has 1 amide bonds. The minimum atomic E-state index is -0.906. The quantitative estimate of drug-likeness (QED) is 0.420. The van der Waals surface area contributed by atoms with Gasteiger partial charge in [0.05, 0.1) is 18.5 Å². The Morgan fingerprint density at radius 2 is 1.85 bits per heavy atom. The van der Waals surface area contributed by atoms with Gasteiger partial charge in [0.1, 0.15) is 6.61 Å². The molecule has 0 bridgehead atoms. The molecule has 0 saturated carbocycles. The molecule has 0 spiro atoms. The minimum Gasteiger partial charge on any atom is -0.488 e. The zero-order valence-electron chi connectivity index (χ0n) is 19.9. The molecular formula is C26H34N4O4. The monoisotopic (exact) mass is 466 g/mol. The lowest BCUT2D eigenvalue weighted by Crippen LogP contribution is -2.25. The first-order valence-electron chi connectivity index (χ1n) is 11.8. The Kier molecular flexibility index (Phi) is 11.9. The molecule has 8 heteroatoms. The first-order valence-corrected chi connectivity index (χ1v) is 11.8. The summed E-state index contributed by atoms with van der Waals surface area (Å²) in [6.07, 6.45) is 4.59. The molecule has 1 aromatic carbocycles. The number of carboxylic acid groups (broad SMARTS) is 1. The van der Waals surface area contributed by atoms with Crippen LogP contribution in [0.3, 0.4) is 0 Å². The van der Waals surface area contributed by atoms with Crippen LogP contribution < -0.4 is 15.4 Å². The summed E-state index contributed by atoms with van der Waals surface area (Å²) in [7, 11) is 0. The van der Waals surface area contributed by atoms with Crippen LogP contribution in [-0.4, -0.2) is 46.6 Å². The summed E-state index contributed by atoms with van der Waals surface area (Å²) in [4.78, 5) is 30.5. The van der Waals surface area contributed by atoms with Crippen LogP contribution in [0.5, 0.6) is 5.75 Å². The Labute approximate surface area is 200 Å². The highest BCUT2D eigenvalue weighted by Gasteiger charge is 2.11. The number of rotatable bonds is 8. The number of hydrogen-bond donors (Lipinski definition) is 3. The molecule has 3 aromatic rings. The normalized spacial score (nSPS) is 11.4. The fourth-order valence-electron chi connectivity index (χ4n) is 3.20. The van der Waals surface area contributed by atoms with Crippen LogP contribution in [0, 0.1) is 0 Å². The number of amides is 1. The number of carboxylic acids is 1. The van der Waals surface area contributed by atoms with Crippen molar-refractivity contribution in [3.8, 4) is 5.75 Å². The maximum atomic E-state index is 11.5. The van der Waals surface area contributed by atoms with Crippen LogP contribution >= 0.6 is 0 Å². The van der Waals surface area contributed by atoms with E-state index in [1.165, 1.54) is 5.39 Å². The van der Waals surface area contributed by atoms with E-state index in [1.54, 1.807) is 0 Å². The maximum Gasteiger partial charge on any atom is 0.305 e. The van der Waals surface area contributed by atoms with E-state index < -0.39 is 5.97 Å². The van der Waals surface area contributed by atoms with Crippen molar-refractivity contribution in [2.75, 3.05) is 25.0 Å². The van der Waals surface area contributed by atoms with Crippen LogP contribution in [0.25, 0.3) is 10.9 Å². The van der Waals surface area contributed by atoms with Gasteiger partial charge in [0.25, 0.3) is 0 Å². The number of nitrogens with zero attached hydrogens (tertiary/aromatic N) is 2. The fraction of sp³-hybridized carbons (Fsp3) is 0.385. The molecule has 0 radical (unpaired) electrons. The molecule has 4 rings (SSSR count). The molecule has 0 saturated heterocycles. The highest BCUT2D eigenvalue weighted by molar-refractivity contribution is 5.78. The van der Waals surface area contributed by atoms with Crippen LogP contribution in [-0.2, 0) is 16.0 Å². The number of pyridine rings is 2. The third-order valence-corrected chi connectivity index (χ3v) is 4.83. The van der Waals surface area contributed by atoms with Crippen molar-refractivity contribution < 1.29 is 19.4 Å². The molecule has 1 aliphatic rings. The van der Waals surface area contributed by atoms with Gasteiger partial charge in [0.2, 0.25) is 5.91 Å². The number of benzene rings is 1. The Morgan fingerprint density at radius 1 is 1.06 bits per heavy atom. The lowest BCUT2D eigenvalue weighted by molar-refractivity contribution is -0.136. The first-order chi connectivity index (χ1) is 16.6. The van der Waals surface area contributed by atoms with Crippen molar-refractivity contribution in [1.82, 2.24) is 15.3 Å². The van der Waals surface area contributed by atoms with Crippen molar-refractivity contribution >= 4 is 28.6 Å². The Hall–Kier alpha value is -3.68. The topological polar surface area (TPSA) is 113 Å². The van der Waals surface area contributed by atoms with Crippen molar-refractivity contribution in [3.63, 3.8) is 0 Å². The van der Waals surface area contributed by atoms with E-state index in [1.807, 2.05) is 56.4 Å². The molecular weight excluding hydrogens is 432 g/mol. The summed E-state index contributed by atoms with van der Waals surface area (Å²) in [5.41, 5.74) is 2.04. The van der Waals surface area contributed by atoms with E-state index in [0.717, 1.165) is 48.6 Å². The van der Waals surface area contributed by atoms with Gasteiger partial charge in [0, 0.05) is 30.2 Å². The third-order valence-electron chi connectivity index (χ3n) is 4.83. The van der Waals surface area contributed by atoms with Gasteiger partial charge in [-0.2, -0.15) is 0 Å². The highest BCUT2D eigenvalue weighted by Crippen LogP contribution is 2.25. The van der Waals surface area contributed by atoms with Crippen molar-refractivity contribution in [2.24, 2.45) is 0 Å². The van der Waals surface area contributed by atoms with Gasteiger partial charge in [-0.15, -0.1) is 0 Å². The zero-order chi connectivity index (χ0) is 24.6. The highest BCUT2D eigenvalue weighted by atomic mass is 16.5. The number of aromatic nitrogens is 2. The number of para-hydroxylation sites is 1. The Bertz CT molecular complexity index is 977. The van der Waals surface area contributed by atoms with E-state index in [-0.39, 0.29) is 18.9 Å². The molecule has 0 fully saturated rings. The van der Waals surface area contributed by atoms with Gasteiger partial charge in [-0.25, -0.2) is 4.98 Å². The van der Waals surface area contributed by atoms with Crippen LogP contribution in [0.4, 0.5) is 5.82 Å². The van der Waals surface area contributed by atoms with E-state index in [0.29, 0.717) is 13.0 Å². The summed E-state index contributed by atoms with van der Waals surface area (Å²) < 4.78 is 5.47. The standard InChI is InChI=1S/C15H21N3O4.C9H7N.C2H6/c19-13(16-8-7-14(20)21)4-2-1-3-11-5-6-12-15(18-11)17-9-10-22-12;1-2-6-9-8(4-1)5-3-7-10-9;1-2/h5-6H,1-4,7-10H2,(H,16,19)(H,17,18)(H,20,21);1-7H;1-2H3. The molecule has 182 valence electrons. The molecule has 1 aliphatic heterocycles. The summed E-state index contributed by atoms with van der Waals surface area (Å²) >= 11 is 0. The van der Waals surface area contributed by atoms with Crippen LogP contribution in [0.1, 0.15) is 45.2 Å². The number of fused-ring (bicyclic) bond motifs is 2. The van der Waals surface area contributed by atoms with Gasteiger partial charge in [-0.3, -0.25) is 14.6 Å². The van der Waals surface area contributed by atoms with E-state index in [2.05, 4.69) is 32.7 Å². The minimum absolute atomic E-state index is 0.0418. The number of nitrogens with one attached hydrogen (secondary N) is 2. The summed E-state index contributed by atoms with van der Waals surface area (Å²) in [5.74, 6) is 0.564. The average molecular weight is 467 g/mol. The number of aliphatic carboxylic acids is 1. The van der Waals surface area contributed by atoms with E-state index >= 15 is 0 Å². The zero-order valence-corrected chi connectivity index (χ0v) is 19.9. The summed E-state index contributed by atoms with van der Waals surface area (Å²) in [6.45, 7) is 5.61. The number of carbonyl (C=O) groups is 2. The smallest absolute Gasteiger partial charge is 0.305 e. The molecule has 34 heavy (non-hydrogen) atoms. The number of unbranched alkanes of at least 4 members (excludes halogenated alkanes) is 1. The average Bonchev–Trinajstić information content (AvgIpc) is 2.88. The SMILES string of the molecule is CC.O=C(O)CCNC(=O)CCCCc1ccc2c(n1)NCCO2.c1ccc2ncccc2c1. The van der Waals surface area contributed by atoms with Crippen molar-refractivity contribution in [2.45, 2.75) is 46.0 Å². The van der Waals surface area contributed by atoms with Crippen LogP contribution in [0.2, 0.25) is 0 Å². The number of ether oxygens (including phenoxy) is 1. The van der Waals surface area contributed by atoms with E-state index in [9.17, 15) is 9.59 Å². The van der Waals surface area contributed by atoms with Gasteiger partial charge in [0.15, 0.2) is 11.6 Å². The number of hydrogen-bond acceptors (Lipinski definition) is 6. The third kappa shape index (κ3) is 9.44. The van der Waals surface area contributed by atoms with Crippen molar-refractivity contribution in [1.29, 1.82) is 0 Å². The predicted octanol–water partition coefficient (Wildman–Crippen LogP) is 4.45. The second-order valence-electron chi connectivity index (χ2n) is 7.32. The van der Waals surface area contributed by atoms with Gasteiger partial charge < -0.3 is 20.5 Å². The number of anilines is 1. The molecule has 2 aromatic heterocycles. The second-order valence-corrected chi connectivity index (χ2v) is 7.32. The molecule has 0 aliphatic carbocycles. The Balaban J connectivity index is 0.000000281. The molecule has 3 N–H and O–H groups in total. The van der Waals surface area contributed by atoms with Crippen LogP contribution in [0.15, 0.2) is 54.7 Å². The molecule has 8 nitrogen and oxygen atoms in total. The lowest BCUT2D eigenvalue weighted by atomic mass is 10.1. The summed E-state index contributed by atoms with van der Waals surface area (Å²) in [6, 6.07) is 15.9. The number of aryl methyl sites for hydroxylation is 1. The van der Waals surface area contributed by atoms with E-state index in [4.69, 9.17) is 9.84 Å². The number of carbonyl (C=O) groups excluding carboxylic acids is 1. The van der Waals surface area contributed by atoms with Gasteiger partial charge in [-0.05, 0) is 43.5 Å². The fourth-order valence-corrected chi connectivity index (χ4v) is 3.20. The van der Waals surface area contributed by atoms with Gasteiger partial charge in [-0.1, -0.05) is 38.1 Å². The summed E-state index contributed by atoms with van der Waals surface area (Å²) in [5, 5.41) is 15.5. The molecule has 3 heterocycles. The first kappa shape index (κ1) is 26.6. The lowest BCUT2D eigenvalue weighted by Gasteiger charge is -2.18. The molecule has 0 atom stereocenters. The second kappa shape index (κ2) is 15.2. The van der Waals surface area contributed by atoms with Gasteiger partial charge >= 0.3 is 5.97 Å². The molecule has 0 unspecified atom stereocenters. The largest absolute Gasteiger partial charge is 0.488 e. The van der Waals surface area contributed by atoms with Crippen molar-refractivity contribution in [3.05, 3.63) is 60.4 Å². The predicted molar refractivity (Wildman–Crippen MR) is 134 cm³/mol. The Morgan fingerprint density at radius 3 is 2.65 bits per heavy atom.